The second-order valence-electron chi connectivity index (χ2n) is 10.8. The van der Waals surface area contributed by atoms with Gasteiger partial charge in [-0.05, 0) is 74.2 Å². The summed E-state index contributed by atoms with van der Waals surface area (Å²) in [5, 5.41) is 14.5. The van der Waals surface area contributed by atoms with E-state index in [9.17, 15) is 14.7 Å². The molecule has 0 aromatic heterocycles. The number of rotatable bonds is 9. The number of carboxylic acid groups (broad SMARTS) is 1. The van der Waals surface area contributed by atoms with Crippen LogP contribution in [0, 0.1) is 17.8 Å². The third kappa shape index (κ3) is 6.65. The Labute approximate surface area is 208 Å². The Kier molecular flexibility index (Phi) is 8.48. The lowest BCUT2D eigenvalue weighted by Crippen LogP contribution is -2.41. The summed E-state index contributed by atoms with van der Waals surface area (Å²) in [6.45, 7) is 6.96. The van der Waals surface area contributed by atoms with Crippen LogP contribution in [0.15, 0.2) is 48.6 Å². The normalized spacial score (nSPS) is 22.0. The van der Waals surface area contributed by atoms with Gasteiger partial charge >= 0.3 is 5.97 Å². The van der Waals surface area contributed by atoms with Crippen LogP contribution in [0.2, 0.25) is 0 Å². The first kappa shape index (κ1) is 25.3. The van der Waals surface area contributed by atoms with E-state index in [4.69, 9.17) is 4.74 Å². The molecule has 3 atom stereocenters. The van der Waals surface area contributed by atoms with E-state index in [1.165, 1.54) is 24.8 Å². The zero-order valence-corrected chi connectivity index (χ0v) is 20.9. The average Bonchev–Trinajstić information content (AvgIpc) is 2.84. The number of carbonyl (C=O) groups excluding carboxylic acids is 1. The Morgan fingerprint density at radius 1 is 1.09 bits per heavy atom. The highest BCUT2D eigenvalue weighted by atomic mass is 16.5. The van der Waals surface area contributed by atoms with E-state index in [2.05, 4.69) is 18.8 Å². The molecule has 2 aliphatic rings. The van der Waals surface area contributed by atoms with Crippen LogP contribution in [0.4, 0.5) is 0 Å². The lowest BCUT2D eigenvalue weighted by atomic mass is 9.77. The van der Waals surface area contributed by atoms with Crippen molar-refractivity contribution in [2.45, 2.75) is 77.2 Å². The third-order valence-electron chi connectivity index (χ3n) is 7.73. The fourth-order valence-electron chi connectivity index (χ4n) is 5.97. The topological polar surface area (TPSA) is 75.6 Å². The van der Waals surface area contributed by atoms with Crippen LogP contribution >= 0.6 is 0 Å². The van der Waals surface area contributed by atoms with Crippen molar-refractivity contribution >= 4 is 22.6 Å². The predicted molar refractivity (Wildman–Crippen MR) is 140 cm³/mol. The zero-order valence-electron chi connectivity index (χ0n) is 20.9. The lowest BCUT2D eigenvalue weighted by molar-refractivity contribution is -0.139. The highest BCUT2D eigenvalue weighted by molar-refractivity contribution is 6.04. The smallest absolute Gasteiger partial charge is 0.326 e. The Morgan fingerprint density at radius 2 is 1.86 bits per heavy atom. The van der Waals surface area contributed by atoms with Crippen LogP contribution in [-0.2, 0) is 4.79 Å². The van der Waals surface area contributed by atoms with Crippen molar-refractivity contribution < 1.29 is 19.4 Å². The molecular formula is C30H39NO4. The molecule has 2 aliphatic carbocycles. The molecule has 5 heteroatoms. The SMILES string of the molecule is C=C1CC(C)CC(CC[C@H](NC(=O)c2ccc3ccccc3c2OCC2CCCCC2)C(=O)O)C1. The molecule has 1 amide bonds. The third-order valence-corrected chi connectivity index (χ3v) is 7.73. The zero-order chi connectivity index (χ0) is 24.8. The monoisotopic (exact) mass is 477 g/mol. The lowest BCUT2D eigenvalue weighted by Gasteiger charge is -2.29. The maximum atomic E-state index is 13.4. The van der Waals surface area contributed by atoms with E-state index >= 15 is 0 Å². The molecule has 2 aromatic carbocycles. The molecular weight excluding hydrogens is 438 g/mol. The number of ether oxygens (including phenoxy) is 1. The molecule has 2 aromatic rings. The number of amides is 1. The number of hydrogen-bond acceptors (Lipinski definition) is 3. The second kappa shape index (κ2) is 11.7. The van der Waals surface area contributed by atoms with Crippen molar-refractivity contribution in [1.82, 2.24) is 5.32 Å². The van der Waals surface area contributed by atoms with Gasteiger partial charge in [0.25, 0.3) is 5.91 Å². The fraction of sp³-hybridized carbons (Fsp3) is 0.533. The maximum absolute atomic E-state index is 13.4. The Hall–Kier alpha value is -2.82. The van der Waals surface area contributed by atoms with Gasteiger partial charge in [-0.3, -0.25) is 4.79 Å². The summed E-state index contributed by atoms with van der Waals surface area (Å²) in [5.74, 6) is 0.695. The molecule has 0 spiro atoms. The first-order valence-corrected chi connectivity index (χ1v) is 13.3. The van der Waals surface area contributed by atoms with Gasteiger partial charge in [-0.15, -0.1) is 0 Å². The standard InChI is InChI=1S/C30H39NO4/c1-20-16-21(2)18-23(17-20)12-15-27(30(33)34)31-29(32)26-14-13-24-10-6-7-11-25(24)28(26)35-19-22-8-4-3-5-9-22/h6-7,10-11,13-14,21-23,27H,1,3-5,8-9,12,15-19H2,2H3,(H,31,32)(H,33,34)/t21?,23?,27-/m0/s1. The van der Waals surface area contributed by atoms with Crippen LogP contribution < -0.4 is 10.1 Å². The molecule has 0 aliphatic heterocycles. The number of aliphatic carboxylic acids is 1. The van der Waals surface area contributed by atoms with Gasteiger partial charge in [0.15, 0.2) is 0 Å². The van der Waals surface area contributed by atoms with Crippen LogP contribution in [-0.4, -0.2) is 29.6 Å². The van der Waals surface area contributed by atoms with E-state index in [-0.39, 0.29) is 5.91 Å². The molecule has 2 saturated carbocycles. The number of carbonyl (C=O) groups is 2. The van der Waals surface area contributed by atoms with Gasteiger partial charge in [0.1, 0.15) is 11.8 Å². The predicted octanol–water partition coefficient (Wildman–Crippen LogP) is 6.75. The van der Waals surface area contributed by atoms with Crippen molar-refractivity contribution in [3.05, 3.63) is 54.1 Å². The van der Waals surface area contributed by atoms with Crippen molar-refractivity contribution in [3.8, 4) is 5.75 Å². The second-order valence-corrected chi connectivity index (χ2v) is 10.8. The number of benzene rings is 2. The van der Waals surface area contributed by atoms with Crippen molar-refractivity contribution in [3.63, 3.8) is 0 Å². The number of fused-ring (bicyclic) bond motifs is 1. The average molecular weight is 478 g/mol. The summed E-state index contributed by atoms with van der Waals surface area (Å²) >= 11 is 0. The number of nitrogens with one attached hydrogen (secondary N) is 1. The van der Waals surface area contributed by atoms with Gasteiger partial charge in [0.2, 0.25) is 0 Å². The highest BCUT2D eigenvalue weighted by Gasteiger charge is 2.27. The minimum Gasteiger partial charge on any atom is -0.492 e. The van der Waals surface area contributed by atoms with E-state index < -0.39 is 12.0 Å². The molecule has 0 radical (unpaired) electrons. The Balaban J connectivity index is 1.48. The first-order chi connectivity index (χ1) is 16.9. The van der Waals surface area contributed by atoms with Gasteiger partial charge in [-0.25, -0.2) is 4.79 Å². The summed E-state index contributed by atoms with van der Waals surface area (Å²) in [5.41, 5.74) is 1.66. The van der Waals surface area contributed by atoms with E-state index in [0.29, 0.717) is 42.1 Å². The summed E-state index contributed by atoms with van der Waals surface area (Å²) in [6, 6.07) is 10.6. The van der Waals surface area contributed by atoms with Crippen LogP contribution in [0.5, 0.6) is 5.75 Å². The summed E-state index contributed by atoms with van der Waals surface area (Å²) in [7, 11) is 0. The molecule has 4 rings (SSSR count). The number of carboxylic acids is 1. The van der Waals surface area contributed by atoms with Crippen molar-refractivity contribution in [2.75, 3.05) is 6.61 Å². The van der Waals surface area contributed by atoms with Gasteiger partial charge < -0.3 is 15.2 Å². The molecule has 2 unspecified atom stereocenters. The maximum Gasteiger partial charge on any atom is 0.326 e. The van der Waals surface area contributed by atoms with Gasteiger partial charge in [0, 0.05) is 5.39 Å². The van der Waals surface area contributed by atoms with Gasteiger partial charge in [-0.1, -0.05) is 68.7 Å². The van der Waals surface area contributed by atoms with E-state index in [1.807, 2.05) is 30.3 Å². The summed E-state index contributed by atoms with van der Waals surface area (Å²) < 4.78 is 6.31. The van der Waals surface area contributed by atoms with E-state index in [1.54, 1.807) is 6.07 Å². The highest BCUT2D eigenvalue weighted by Crippen LogP contribution is 2.35. The fourth-order valence-corrected chi connectivity index (χ4v) is 5.97. The van der Waals surface area contributed by atoms with Crippen LogP contribution in [0.1, 0.15) is 81.5 Å². The summed E-state index contributed by atoms with van der Waals surface area (Å²) in [6.07, 6.45) is 10.3. The molecule has 2 N–H and O–H groups in total. The minimum atomic E-state index is -0.994. The summed E-state index contributed by atoms with van der Waals surface area (Å²) in [4.78, 5) is 25.4. The molecule has 0 bridgehead atoms. The molecule has 35 heavy (non-hydrogen) atoms. The van der Waals surface area contributed by atoms with Gasteiger partial charge in [0.05, 0.1) is 12.2 Å². The number of allylic oxidation sites excluding steroid dienone is 1. The minimum absolute atomic E-state index is 0.386. The Bertz CT molecular complexity index is 1060. The molecule has 188 valence electrons. The largest absolute Gasteiger partial charge is 0.492 e. The molecule has 2 fully saturated rings. The first-order valence-electron chi connectivity index (χ1n) is 13.3. The quantitative estimate of drug-likeness (QED) is 0.392. The van der Waals surface area contributed by atoms with E-state index in [0.717, 1.165) is 49.3 Å². The van der Waals surface area contributed by atoms with Gasteiger partial charge in [-0.2, -0.15) is 0 Å². The van der Waals surface area contributed by atoms with Crippen molar-refractivity contribution in [2.24, 2.45) is 17.8 Å². The molecule has 0 heterocycles. The van der Waals surface area contributed by atoms with Crippen molar-refractivity contribution in [1.29, 1.82) is 0 Å². The molecule has 5 nitrogen and oxygen atoms in total. The molecule has 0 saturated heterocycles. The van der Waals surface area contributed by atoms with Crippen LogP contribution in [0.25, 0.3) is 10.8 Å². The number of hydrogen-bond donors (Lipinski definition) is 2. The Morgan fingerprint density at radius 3 is 2.60 bits per heavy atom. The van der Waals surface area contributed by atoms with Crippen LogP contribution in [0.3, 0.4) is 0 Å².